The van der Waals surface area contributed by atoms with Gasteiger partial charge in [0.15, 0.2) is 0 Å². The summed E-state index contributed by atoms with van der Waals surface area (Å²) in [5.74, 6) is -0.399. The monoisotopic (exact) mass is 347 g/mol. The summed E-state index contributed by atoms with van der Waals surface area (Å²) in [6.45, 7) is 12.0. The normalized spacial score (nSPS) is 16.6. The van der Waals surface area contributed by atoms with E-state index in [1.165, 1.54) is 6.92 Å². The fraction of sp³-hybridized carbons (Fsp3) is 0.556. The van der Waals surface area contributed by atoms with Gasteiger partial charge in [0.2, 0.25) is 11.8 Å². The Morgan fingerprint density at radius 1 is 1.24 bits per heavy atom. The van der Waals surface area contributed by atoms with Gasteiger partial charge in [0.1, 0.15) is 0 Å². The van der Waals surface area contributed by atoms with Gasteiger partial charge in [0.25, 0.3) is 5.69 Å². The van der Waals surface area contributed by atoms with Gasteiger partial charge in [-0.2, -0.15) is 0 Å². The topological polar surface area (TPSA) is 92.6 Å². The summed E-state index contributed by atoms with van der Waals surface area (Å²) in [5.41, 5.74) is 1.99. The molecule has 1 aromatic carbocycles. The van der Waals surface area contributed by atoms with Crippen LogP contribution in [0.2, 0.25) is 0 Å². The Labute approximate surface area is 147 Å². The van der Waals surface area contributed by atoms with Crippen LogP contribution in [0.4, 0.5) is 17.1 Å². The van der Waals surface area contributed by atoms with E-state index >= 15 is 0 Å². The van der Waals surface area contributed by atoms with Gasteiger partial charge in [-0.15, -0.1) is 0 Å². The number of nitro benzene ring substituents is 1. The zero-order valence-corrected chi connectivity index (χ0v) is 15.8. The molecule has 1 unspecified atom stereocenters. The summed E-state index contributed by atoms with van der Waals surface area (Å²) < 4.78 is 0. The number of anilines is 2. The van der Waals surface area contributed by atoms with Crippen LogP contribution in [-0.4, -0.2) is 22.8 Å². The number of carbonyl (C=O) groups is 2. The molecule has 7 heteroatoms. The number of nitro groups is 1. The van der Waals surface area contributed by atoms with Crippen molar-refractivity contribution in [2.75, 3.05) is 10.2 Å². The highest BCUT2D eigenvalue weighted by Gasteiger charge is 2.38. The summed E-state index contributed by atoms with van der Waals surface area (Å²) >= 11 is 0. The van der Waals surface area contributed by atoms with Gasteiger partial charge in [0, 0.05) is 23.9 Å². The van der Waals surface area contributed by atoms with Crippen molar-refractivity contribution in [2.45, 2.75) is 60.9 Å². The van der Waals surface area contributed by atoms with E-state index in [9.17, 15) is 19.7 Å². The maximum Gasteiger partial charge on any atom is 0.277 e. The van der Waals surface area contributed by atoms with Crippen LogP contribution in [0.15, 0.2) is 0 Å². The van der Waals surface area contributed by atoms with Crippen molar-refractivity contribution in [3.05, 3.63) is 26.8 Å². The zero-order valence-electron chi connectivity index (χ0n) is 15.8. The van der Waals surface area contributed by atoms with Gasteiger partial charge in [-0.1, -0.05) is 20.8 Å². The van der Waals surface area contributed by atoms with Crippen LogP contribution in [0.5, 0.6) is 0 Å². The third kappa shape index (κ3) is 3.10. The van der Waals surface area contributed by atoms with Crippen LogP contribution >= 0.6 is 0 Å². The first-order valence-corrected chi connectivity index (χ1v) is 8.29. The van der Waals surface area contributed by atoms with Crippen molar-refractivity contribution in [1.82, 2.24) is 0 Å². The van der Waals surface area contributed by atoms with Gasteiger partial charge in [-0.25, -0.2) is 0 Å². The Morgan fingerprint density at radius 3 is 2.24 bits per heavy atom. The smallest absolute Gasteiger partial charge is 0.277 e. The minimum atomic E-state index is -0.662. The van der Waals surface area contributed by atoms with Gasteiger partial charge in [0.05, 0.1) is 21.9 Å². The Kier molecular flexibility index (Phi) is 4.63. The molecule has 0 aliphatic carbocycles. The second kappa shape index (κ2) is 6.13. The third-order valence-corrected chi connectivity index (χ3v) is 4.68. The molecule has 25 heavy (non-hydrogen) atoms. The van der Waals surface area contributed by atoms with Crippen molar-refractivity contribution in [1.29, 1.82) is 0 Å². The summed E-state index contributed by atoms with van der Waals surface area (Å²) in [6.07, 6.45) is 0.528. The fourth-order valence-electron chi connectivity index (χ4n) is 3.37. The molecule has 1 aliphatic rings. The molecule has 0 fully saturated rings. The zero-order chi connectivity index (χ0) is 19.3. The quantitative estimate of drug-likeness (QED) is 0.654. The molecule has 1 aromatic rings. The SMILES string of the molecule is CC(=O)N1c2c(c(C)c([N+](=O)[O-])c(C)c2NC(=O)C(C)(C)C)CC1C. The first kappa shape index (κ1) is 18.9. The van der Waals surface area contributed by atoms with Crippen LogP contribution in [-0.2, 0) is 16.0 Å². The van der Waals surface area contributed by atoms with Crippen molar-refractivity contribution in [2.24, 2.45) is 5.41 Å². The summed E-state index contributed by atoms with van der Waals surface area (Å²) in [4.78, 5) is 37.5. The lowest BCUT2D eigenvalue weighted by Gasteiger charge is -2.26. The Morgan fingerprint density at radius 2 is 1.80 bits per heavy atom. The molecule has 0 radical (unpaired) electrons. The molecule has 2 rings (SSSR count). The summed E-state index contributed by atoms with van der Waals surface area (Å²) in [7, 11) is 0. The maximum absolute atomic E-state index is 12.5. The number of rotatable bonds is 2. The minimum Gasteiger partial charge on any atom is -0.323 e. The molecule has 1 heterocycles. The minimum absolute atomic E-state index is 0.000520. The first-order chi connectivity index (χ1) is 11.4. The number of amides is 2. The molecule has 0 spiro atoms. The predicted octanol–water partition coefficient (Wildman–Crippen LogP) is 3.49. The van der Waals surface area contributed by atoms with Crippen LogP contribution in [0, 0.1) is 29.4 Å². The largest absolute Gasteiger partial charge is 0.323 e. The van der Waals surface area contributed by atoms with Gasteiger partial charge in [-0.05, 0) is 32.8 Å². The van der Waals surface area contributed by atoms with E-state index in [0.717, 1.165) is 5.56 Å². The van der Waals surface area contributed by atoms with E-state index in [4.69, 9.17) is 0 Å². The van der Waals surface area contributed by atoms with E-state index in [1.807, 2.05) is 6.92 Å². The third-order valence-electron chi connectivity index (χ3n) is 4.68. The Balaban J connectivity index is 2.79. The van der Waals surface area contributed by atoms with Gasteiger partial charge >= 0.3 is 0 Å². The second-order valence-corrected chi connectivity index (χ2v) is 7.70. The van der Waals surface area contributed by atoms with E-state index in [0.29, 0.717) is 28.9 Å². The van der Waals surface area contributed by atoms with Crippen LogP contribution in [0.25, 0.3) is 0 Å². The molecular formula is C18H25N3O4. The van der Waals surface area contributed by atoms with Crippen molar-refractivity contribution >= 4 is 28.9 Å². The molecular weight excluding hydrogens is 322 g/mol. The molecule has 1 aliphatic heterocycles. The highest BCUT2D eigenvalue weighted by Crippen LogP contribution is 2.47. The molecule has 0 saturated heterocycles. The van der Waals surface area contributed by atoms with Gasteiger partial charge < -0.3 is 10.2 Å². The van der Waals surface area contributed by atoms with E-state index < -0.39 is 10.3 Å². The molecule has 1 atom stereocenters. The number of hydrogen-bond acceptors (Lipinski definition) is 4. The predicted molar refractivity (Wildman–Crippen MR) is 97.0 cm³/mol. The van der Waals surface area contributed by atoms with Crippen LogP contribution in [0.1, 0.15) is 51.3 Å². The molecule has 7 nitrogen and oxygen atoms in total. The second-order valence-electron chi connectivity index (χ2n) is 7.70. The molecule has 0 bridgehead atoms. The average molecular weight is 347 g/mol. The highest BCUT2D eigenvalue weighted by molar-refractivity contribution is 6.06. The molecule has 2 amide bonds. The van der Waals surface area contributed by atoms with E-state index in [1.54, 1.807) is 39.5 Å². The summed E-state index contributed by atoms with van der Waals surface area (Å²) in [6, 6.07) is -0.113. The molecule has 1 N–H and O–H groups in total. The number of benzene rings is 1. The number of nitrogens with zero attached hydrogens (tertiary/aromatic N) is 2. The first-order valence-electron chi connectivity index (χ1n) is 8.29. The summed E-state index contributed by atoms with van der Waals surface area (Å²) in [5, 5.41) is 14.4. The molecule has 136 valence electrons. The Hall–Kier alpha value is -2.44. The Bertz CT molecular complexity index is 778. The maximum atomic E-state index is 12.5. The van der Waals surface area contributed by atoms with Crippen LogP contribution in [0.3, 0.4) is 0 Å². The van der Waals surface area contributed by atoms with E-state index in [-0.39, 0.29) is 23.5 Å². The van der Waals surface area contributed by atoms with Crippen LogP contribution < -0.4 is 10.2 Å². The average Bonchev–Trinajstić information content (AvgIpc) is 2.79. The highest BCUT2D eigenvalue weighted by atomic mass is 16.6. The lowest BCUT2D eigenvalue weighted by molar-refractivity contribution is -0.386. The lowest BCUT2D eigenvalue weighted by atomic mass is 9.93. The van der Waals surface area contributed by atoms with Crippen molar-refractivity contribution in [3.8, 4) is 0 Å². The fourth-order valence-corrected chi connectivity index (χ4v) is 3.37. The number of nitrogens with one attached hydrogen (secondary N) is 1. The standard InChI is InChI=1S/C18H25N3O4/c1-9-8-13-10(2)15(21(24)25)11(3)14(16(13)20(9)12(4)22)19-17(23)18(5,6)7/h9H,8H2,1-7H3,(H,19,23). The van der Waals surface area contributed by atoms with Gasteiger partial charge in [-0.3, -0.25) is 19.7 Å². The van der Waals surface area contributed by atoms with Crippen molar-refractivity contribution < 1.29 is 14.5 Å². The lowest BCUT2D eigenvalue weighted by Crippen LogP contribution is -2.35. The van der Waals surface area contributed by atoms with E-state index in [2.05, 4.69) is 5.32 Å². The number of fused-ring (bicyclic) bond motifs is 1. The molecule has 0 saturated carbocycles. The number of hydrogen-bond donors (Lipinski definition) is 1. The molecule has 0 aromatic heterocycles. The number of carbonyl (C=O) groups excluding carboxylic acids is 2. The van der Waals surface area contributed by atoms with Crippen molar-refractivity contribution in [3.63, 3.8) is 0 Å².